The Hall–Kier alpha value is -1.30. The number of rotatable bonds is 5. The minimum atomic E-state index is -0.198. The van der Waals surface area contributed by atoms with Gasteiger partial charge in [0.2, 0.25) is 11.8 Å². The van der Waals surface area contributed by atoms with Crippen LogP contribution in [0.3, 0.4) is 0 Å². The number of carbonyl (C=O) groups is 3. The molecule has 1 aliphatic carbocycles. The van der Waals surface area contributed by atoms with Crippen LogP contribution >= 0.6 is 11.8 Å². The Balaban J connectivity index is 2.00. The molecule has 0 aromatic rings. The summed E-state index contributed by atoms with van der Waals surface area (Å²) in [7, 11) is 0. The molecule has 0 radical (unpaired) electrons. The number of nitrogens with zero attached hydrogens (tertiary/aromatic N) is 1. The van der Waals surface area contributed by atoms with Crippen LogP contribution < -0.4 is 5.32 Å². The lowest BCUT2D eigenvalue weighted by Gasteiger charge is -2.17. The van der Waals surface area contributed by atoms with Crippen molar-refractivity contribution in [3.8, 4) is 0 Å². The number of amides is 2. The summed E-state index contributed by atoms with van der Waals surface area (Å²) >= 11 is 1.33. The molecule has 0 bridgehead atoms. The van der Waals surface area contributed by atoms with Gasteiger partial charge in [-0.05, 0) is 26.7 Å². The lowest BCUT2D eigenvalue weighted by molar-refractivity contribution is -0.131. The smallest absolute Gasteiger partial charge is 0.240 e. The number of ketones is 1. The van der Waals surface area contributed by atoms with E-state index in [9.17, 15) is 14.4 Å². The normalized spacial score (nSPS) is 21.3. The predicted molar refractivity (Wildman–Crippen MR) is 73.3 cm³/mol. The van der Waals surface area contributed by atoms with Crippen molar-refractivity contribution in [3.05, 3.63) is 11.1 Å². The first kappa shape index (κ1) is 14.1. The summed E-state index contributed by atoms with van der Waals surface area (Å²) < 4.78 is 0. The summed E-state index contributed by atoms with van der Waals surface area (Å²) in [5.74, 6) is 0.203. The molecule has 1 aliphatic heterocycles. The van der Waals surface area contributed by atoms with Gasteiger partial charge < -0.3 is 5.32 Å². The van der Waals surface area contributed by atoms with E-state index < -0.39 is 0 Å². The van der Waals surface area contributed by atoms with E-state index >= 15 is 0 Å². The van der Waals surface area contributed by atoms with E-state index in [1.165, 1.54) is 22.7 Å². The zero-order chi connectivity index (χ0) is 14.0. The molecule has 1 saturated heterocycles. The molecule has 0 spiro atoms. The van der Waals surface area contributed by atoms with Gasteiger partial charge in [0, 0.05) is 18.0 Å². The van der Waals surface area contributed by atoms with Crippen LogP contribution in [0.2, 0.25) is 0 Å². The number of hydrogen-bond acceptors (Lipinski definition) is 4. The minimum Gasteiger partial charge on any atom is -0.352 e. The molecule has 2 aliphatic rings. The van der Waals surface area contributed by atoms with E-state index in [2.05, 4.69) is 5.32 Å². The molecule has 1 heterocycles. The van der Waals surface area contributed by atoms with Crippen LogP contribution in [0.4, 0.5) is 0 Å². The van der Waals surface area contributed by atoms with Crippen LogP contribution in [-0.4, -0.2) is 40.8 Å². The Morgan fingerprint density at radius 3 is 2.74 bits per heavy atom. The van der Waals surface area contributed by atoms with Gasteiger partial charge in [-0.3, -0.25) is 19.3 Å². The Labute approximate surface area is 116 Å². The van der Waals surface area contributed by atoms with E-state index in [4.69, 9.17) is 0 Å². The second kappa shape index (κ2) is 5.77. The van der Waals surface area contributed by atoms with E-state index in [0.29, 0.717) is 10.8 Å². The van der Waals surface area contributed by atoms with Crippen LogP contribution in [0.5, 0.6) is 0 Å². The molecule has 2 rings (SSSR count). The standard InChI is InChI=1S/C13H18N2O3S/c1-8(2)14-11(17)6-15-12(18)7-19-13(15)5-10(16)9-3-4-9/h5,8-9H,3-4,6-7H2,1-2H3,(H,14,17). The maximum absolute atomic E-state index is 11.7. The zero-order valence-corrected chi connectivity index (χ0v) is 12.0. The molecule has 6 heteroatoms. The first-order valence-electron chi connectivity index (χ1n) is 6.45. The van der Waals surface area contributed by atoms with Crippen molar-refractivity contribution in [2.24, 2.45) is 5.92 Å². The fourth-order valence-electron chi connectivity index (χ4n) is 1.82. The summed E-state index contributed by atoms with van der Waals surface area (Å²) in [5, 5.41) is 3.36. The highest BCUT2D eigenvalue weighted by molar-refractivity contribution is 8.04. The molecule has 19 heavy (non-hydrogen) atoms. The first-order chi connectivity index (χ1) is 8.97. The van der Waals surface area contributed by atoms with Crippen LogP contribution in [-0.2, 0) is 14.4 Å². The van der Waals surface area contributed by atoms with Crippen molar-refractivity contribution in [3.63, 3.8) is 0 Å². The highest BCUT2D eigenvalue weighted by Crippen LogP contribution is 2.34. The average molecular weight is 282 g/mol. The lowest BCUT2D eigenvalue weighted by atomic mass is 10.2. The monoisotopic (exact) mass is 282 g/mol. The van der Waals surface area contributed by atoms with Crippen LogP contribution in [0.1, 0.15) is 26.7 Å². The van der Waals surface area contributed by atoms with Gasteiger partial charge in [-0.25, -0.2) is 0 Å². The van der Waals surface area contributed by atoms with Crippen molar-refractivity contribution in [2.45, 2.75) is 32.7 Å². The van der Waals surface area contributed by atoms with Gasteiger partial charge in [-0.15, -0.1) is 0 Å². The minimum absolute atomic E-state index is 0.00616. The molecule has 0 atom stereocenters. The number of allylic oxidation sites excluding steroid dienone is 1. The quantitative estimate of drug-likeness (QED) is 0.761. The number of carbonyl (C=O) groups excluding carboxylic acids is 3. The zero-order valence-electron chi connectivity index (χ0n) is 11.1. The molecular formula is C13H18N2O3S. The predicted octanol–water partition coefficient (Wildman–Crippen LogP) is 0.907. The molecule has 2 fully saturated rings. The van der Waals surface area contributed by atoms with Gasteiger partial charge >= 0.3 is 0 Å². The van der Waals surface area contributed by atoms with Crippen LogP contribution in [0.25, 0.3) is 0 Å². The van der Waals surface area contributed by atoms with Crippen molar-refractivity contribution in [2.75, 3.05) is 12.3 Å². The molecule has 104 valence electrons. The molecule has 0 aromatic carbocycles. The largest absolute Gasteiger partial charge is 0.352 e. The topological polar surface area (TPSA) is 66.5 Å². The van der Waals surface area contributed by atoms with E-state index in [1.807, 2.05) is 13.8 Å². The van der Waals surface area contributed by atoms with Gasteiger partial charge in [-0.1, -0.05) is 11.8 Å². The summed E-state index contributed by atoms with van der Waals surface area (Å²) in [6, 6.07) is 0.0402. The third kappa shape index (κ3) is 3.83. The molecule has 0 aromatic heterocycles. The van der Waals surface area contributed by atoms with Gasteiger partial charge in [0.05, 0.1) is 10.8 Å². The van der Waals surface area contributed by atoms with Gasteiger partial charge in [0.1, 0.15) is 6.54 Å². The Morgan fingerprint density at radius 2 is 2.16 bits per heavy atom. The maximum Gasteiger partial charge on any atom is 0.240 e. The van der Waals surface area contributed by atoms with Crippen molar-refractivity contribution < 1.29 is 14.4 Å². The Kier molecular flexibility index (Phi) is 4.29. The number of thioether (sulfide) groups is 1. The molecule has 1 N–H and O–H groups in total. The molecular weight excluding hydrogens is 264 g/mol. The van der Waals surface area contributed by atoms with Gasteiger partial charge in [0.15, 0.2) is 5.78 Å². The Morgan fingerprint density at radius 1 is 1.47 bits per heavy atom. The third-order valence-corrected chi connectivity index (χ3v) is 3.93. The van der Waals surface area contributed by atoms with E-state index in [0.717, 1.165) is 12.8 Å². The van der Waals surface area contributed by atoms with Crippen molar-refractivity contribution in [1.29, 1.82) is 0 Å². The fraction of sp³-hybridized carbons (Fsp3) is 0.615. The van der Waals surface area contributed by atoms with E-state index in [1.54, 1.807) is 0 Å². The molecule has 5 nitrogen and oxygen atoms in total. The van der Waals surface area contributed by atoms with Crippen LogP contribution in [0.15, 0.2) is 11.1 Å². The molecule has 1 saturated carbocycles. The maximum atomic E-state index is 11.7. The van der Waals surface area contributed by atoms with Gasteiger partial charge in [0.25, 0.3) is 0 Å². The summed E-state index contributed by atoms with van der Waals surface area (Å²) in [6.07, 6.45) is 3.40. The van der Waals surface area contributed by atoms with Crippen LogP contribution in [0, 0.1) is 5.92 Å². The second-order valence-electron chi connectivity index (χ2n) is 5.15. The van der Waals surface area contributed by atoms with Gasteiger partial charge in [-0.2, -0.15) is 0 Å². The molecule has 0 unspecified atom stereocenters. The average Bonchev–Trinajstić information content (AvgIpc) is 3.10. The highest BCUT2D eigenvalue weighted by Gasteiger charge is 2.32. The summed E-state index contributed by atoms with van der Waals surface area (Å²) in [6.45, 7) is 3.73. The number of hydrogen-bond donors (Lipinski definition) is 1. The molecule has 2 amide bonds. The number of nitrogens with one attached hydrogen (secondary N) is 1. The lowest BCUT2D eigenvalue weighted by Crippen LogP contribution is -2.40. The Bertz CT molecular complexity index is 441. The SMILES string of the molecule is CC(C)NC(=O)CN1C(=O)CSC1=CC(=O)C1CC1. The third-order valence-electron chi connectivity index (χ3n) is 2.91. The summed E-state index contributed by atoms with van der Waals surface area (Å²) in [5.41, 5.74) is 0. The van der Waals surface area contributed by atoms with E-state index in [-0.39, 0.29) is 36.1 Å². The summed E-state index contributed by atoms with van der Waals surface area (Å²) in [4.78, 5) is 36.6. The fourth-order valence-corrected chi connectivity index (χ4v) is 2.77. The first-order valence-corrected chi connectivity index (χ1v) is 7.44. The highest BCUT2D eigenvalue weighted by atomic mass is 32.2. The van der Waals surface area contributed by atoms with Crippen molar-refractivity contribution >= 4 is 29.4 Å². The van der Waals surface area contributed by atoms with Crippen molar-refractivity contribution in [1.82, 2.24) is 10.2 Å². The second-order valence-corrected chi connectivity index (χ2v) is 6.15.